The fourth-order valence-corrected chi connectivity index (χ4v) is 84.2. The summed E-state index contributed by atoms with van der Waals surface area (Å²) in [5.74, 6) is 2.82. The fourth-order valence-electron chi connectivity index (χ4n) is 10.9. The van der Waals surface area contributed by atoms with Gasteiger partial charge in [0, 0.05) is 28.7 Å². The maximum Gasteiger partial charge on any atom is 0.326 e. The maximum atomic E-state index is 8.31. The third-order valence-electron chi connectivity index (χ3n) is 10.6. The van der Waals surface area contributed by atoms with Gasteiger partial charge in [-0.15, -0.1) is 6.58 Å². The van der Waals surface area contributed by atoms with Crippen molar-refractivity contribution in [2.75, 3.05) is 0 Å². The van der Waals surface area contributed by atoms with Gasteiger partial charge in [0.05, 0.1) is 0 Å². The second-order valence-corrected chi connectivity index (χ2v) is 50.5. The van der Waals surface area contributed by atoms with Gasteiger partial charge >= 0.3 is 68.5 Å². The molecule has 0 saturated carbocycles. The Hall–Kier alpha value is 1.16. The number of allylic oxidation sites excluding steroid dienone is 1. The highest BCUT2D eigenvalue weighted by molar-refractivity contribution is 7.13. The molecule has 0 aromatic carbocycles. The summed E-state index contributed by atoms with van der Waals surface area (Å²) < 4.78 is 66.0. The van der Waals surface area contributed by atoms with Gasteiger partial charge in [0.25, 0.3) is 0 Å². The zero-order valence-electron chi connectivity index (χ0n) is 35.1. The van der Waals surface area contributed by atoms with E-state index in [4.69, 9.17) is 32.9 Å². The van der Waals surface area contributed by atoms with E-state index < -0.39 is 68.5 Å². The molecule has 0 aromatic heterocycles. The molecule has 6 saturated heterocycles. The van der Waals surface area contributed by atoms with Gasteiger partial charge in [-0.3, -0.25) is 0 Å². The van der Waals surface area contributed by atoms with Crippen LogP contribution in [0.4, 0.5) is 0 Å². The molecule has 8 nitrogen and oxygen atoms in total. The average Bonchev–Trinajstić information content (AvgIpc) is 2.80. The monoisotopic (exact) mass is 848 g/mol. The van der Waals surface area contributed by atoms with Gasteiger partial charge in [0.1, 0.15) is 0 Å². The Morgan fingerprint density at radius 2 is 0.490 bits per heavy atom. The third kappa shape index (κ3) is 9.83. The van der Waals surface area contributed by atoms with E-state index >= 15 is 0 Å². The Bertz CT molecular complexity index is 1080. The minimum absolute atomic E-state index is 0.397. The molecular formula is C35H76O8Si8. The van der Waals surface area contributed by atoms with Crippen LogP contribution < -0.4 is 0 Å². The molecule has 16 heteroatoms. The molecule has 51 heavy (non-hydrogen) atoms. The molecule has 6 heterocycles. The first-order valence-corrected chi connectivity index (χ1v) is 38.5. The Labute approximate surface area is 321 Å². The molecule has 6 rings (SSSR count). The topological polar surface area (TPSA) is 73.8 Å². The van der Waals surface area contributed by atoms with Crippen molar-refractivity contribution in [3.63, 3.8) is 0 Å². The summed E-state index contributed by atoms with van der Waals surface area (Å²) in [6.07, 6.45) is 2.08. The SMILES string of the molecule is C=CC[Si]12C[Si]3(CC(C)C)O[Si]4(CC(C)C)C[Si]5(CC(C)C)O[Si](CC(C)C)(C[Si](CC(C)C)(O1)O4)O[Si](CC(C)C)(C[Si](CC(C)C)(O3)O5)O2. The van der Waals surface area contributed by atoms with Crippen LogP contribution in [0.1, 0.15) is 96.9 Å². The predicted octanol–water partition coefficient (Wildman–Crippen LogP) is 10.7. The second-order valence-electron chi connectivity index (χ2n) is 20.5. The van der Waals surface area contributed by atoms with Crippen LogP contribution in [-0.2, 0) is 32.9 Å². The molecule has 6 aliphatic rings. The fraction of sp³-hybridized carbons (Fsp3) is 0.943. The summed E-state index contributed by atoms with van der Waals surface area (Å²) in [6.45, 7) is 37.2. The minimum atomic E-state index is -3.10. The van der Waals surface area contributed by atoms with Gasteiger partial charge in [0.15, 0.2) is 0 Å². The lowest BCUT2D eigenvalue weighted by atomic mass is 10.3. The molecule has 0 radical (unpaired) electrons. The molecule has 0 aliphatic carbocycles. The summed E-state index contributed by atoms with van der Waals surface area (Å²) in [5, 5.41) is 0. The van der Waals surface area contributed by atoms with Gasteiger partial charge in [-0.2, -0.15) is 0 Å². The molecule has 0 spiro atoms. The van der Waals surface area contributed by atoms with E-state index in [1.54, 1.807) is 0 Å². The summed E-state index contributed by atoms with van der Waals surface area (Å²) in [7, 11) is -24.5. The molecule has 8 bridgehead atoms. The average molecular weight is 850 g/mol. The molecule has 8 unspecified atom stereocenters. The minimum Gasteiger partial charge on any atom is -0.415 e. The van der Waals surface area contributed by atoms with Crippen LogP contribution in [0.2, 0.25) is 71.0 Å². The van der Waals surface area contributed by atoms with Gasteiger partial charge in [-0.25, -0.2) is 0 Å². The van der Waals surface area contributed by atoms with E-state index in [1.807, 2.05) is 0 Å². The maximum absolute atomic E-state index is 8.31. The Morgan fingerprint density at radius 1 is 0.333 bits per heavy atom. The predicted molar refractivity (Wildman–Crippen MR) is 226 cm³/mol. The van der Waals surface area contributed by atoms with E-state index in [0.717, 1.165) is 65.0 Å². The summed E-state index contributed by atoms with van der Waals surface area (Å²) in [6, 6.07) is 7.10. The summed E-state index contributed by atoms with van der Waals surface area (Å²) >= 11 is 0. The van der Waals surface area contributed by atoms with Crippen LogP contribution in [-0.4, -0.2) is 68.5 Å². The highest BCUT2D eigenvalue weighted by atomic mass is 28.6. The van der Waals surface area contributed by atoms with Crippen LogP contribution in [0, 0.1) is 41.4 Å². The lowest BCUT2D eigenvalue weighted by molar-refractivity contribution is 0.157. The number of rotatable bonds is 16. The molecule has 0 amide bonds. The van der Waals surface area contributed by atoms with E-state index in [9.17, 15) is 0 Å². The van der Waals surface area contributed by atoms with Crippen LogP contribution in [0.15, 0.2) is 12.7 Å². The standard InChI is InChI=1S/C35H76O8Si8/c1-16-17-44-25-45(18-29(2)3)38-48(21-32(8)9)26-46(36-44,19-30(4)5)40-49(22-33(10)11)27-47(37-44,20-31(6)7)41-50(39-45,23-34(12)13)28-51(42-48,43-49)24-35(14)15/h16,29-35H,1,17-28H2,2-15H3. The zero-order valence-corrected chi connectivity index (χ0v) is 43.1. The number of hydrogen-bond donors (Lipinski definition) is 0. The highest BCUT2D eigenvalue weighted by Crippen LogP contribution is 2.59. The van der Waals surface area contributed by atoms with E-state index in [0.29, 0.717) is 47.5 Å². The first-order chi connectivity index (χ1) is 23.5. The van der Waals surface area contributed by atoms with E-state index in [1.165, 1.54) is 0 Å². The lowest BCUT2D eigenvalue weighted by Crippen LogP contribution is -2.85. The first kappa shape index (κ1) is 43.3. The van der Waals surface area contributed by atoms with Crippen molar-refractivity contribution in [2.45, 2.75) is 168 Å². The van der Waals surface area contributed by atoms with E-state index in [-0.39, 0.29) is 0 Å². The van der Waals surface area contributed by atoms with Crippen LogP contribution in [0.25, 0.3) is 0 Å². The van der Waals surface area contributed by atoms with Crippen molar-refractivity contribution < 1.29 is 32.9 Å². The Kier molecular flexibility index (Phi) is 13.1. The zero-order chi connectivity index (χ0) is 37.9. The highest BCUT2D eigenvalue weighted by Gasteiger charge is 2.78. The van der Waals surface area contributed by atoms with Gasteiger partial charge in [-0.1, -0.05) is 103 Å². The normalized spacial score (nSPS) is 42.4. The van der Waals surface area contributed by atoms with Crippen molar-refractivity contribution in [3.8, 4) is 0 Å². The molecule has 8 atom stereocenters. The largest absolute Gasteiger partial charge is 0.415 e. The second kappa shape index (κ2) is 15.5. The van der Waals surface area contributed by atoms with Crippen molar-refractivity contribution in [1.29, 1.82) is 0 Å². The van der Waals surface area contributed by atoms with Gasteiger partial charge < -0.3 is 32.9 Å². The summed E-state index contributed by atoms with van der Waals surface area (Å²) in [4.78, 5) is 0. The van der Waals surface area contributed by atoms with Crippen molar-refractivity contribution in [2.24, 2.45) is 41.4 Å². The van der Waals surface area contributed by atoms with E-state index in [2.05, 4.69) is 110 Å². The van der Waals surface area contributed by atoms with Crippen LogP contribution in [0.5, 0.6) is 0 Å². The van der Waals surface area contributed by atoms with Crippen LogP contribution in [0.3, 0.4) is 0 Å². The van der Waals surface area contributed by atoms with Gasteiger partial charge in [-0.05, 0) is 83.7 Å². The third-order valence-corrected chi connectivity index (χ3v) is 62.6. The molecule has 0 aromatic rings. The molecule has 6 fully saturated rings. The van der Waals surface area contributed by atoms with Crippen molar-refractivity contribution in [3.05, 3.63) is 12.7 Å². The van der Waals surface area contributed by atoms with Crippen molar-refractivity contribution >= 4 is 68.5 Å². The number of hydrogen-bond acceptors (Lipinski definition) is 8. The lowest BCUT2D eigenvalue weighted by Gasteiger charge is -2.66. The van der Waals surface area contributed by atoms with Crippen LogP contribution >= 0.6 is 0 Å². The molecule has 296 valence electrons. The molecule has 6 aliphatic heterocycles. The Balaban J connectivity index is 1.96. The smallest absolute Gasteiger partial charge is 0.326 e. The van der Waals surface area contributed by atoms with Gasteiger partial charge in [0.2, 0.25) is 0 Å². The van der Waals surface area contributed by atoms with Crippen molar-refractivity contribution in [1.82, 2.24) is 0 Å². The Morgan fingerprint density at radius 3 is 0.647 bits per heavy atom. The molecular weight excluding hydrogens is 773 g/mol. The first-order valence-electron chi connectivity index (χ1n) is 20.7. The quantitative estimate of drug-likeness (QED) is 0.112. The molecule has 0 N–H and O–H groups in total. The summed E-state index contributed by atoms with van der Waals surface area (Å²) in [5.41, 5.74) is 3.21.